The first-order chi connectivity index (χ1) is 7.04. The number of benzene rings is 1. The number of rotatable bonds is 3. The first-order valence-corrected chi connectivity index (χ1v) is 4.36. The van der Waals surface area contributed by atoms with Crippen LogP contribution in [0.4, 0.5) is 10.1 Å². The molecular weight excluding hydrogens is 201 g/mol. The zero-order valence-electron chi connectivity index (χ0n) is 8.45. The van der Waals surface area contributed by atoms with Gasteiger partial charge in [0, 0.05) is 13.2 Å². The molecule has 0 aliphatic rings. The number of hydrogen-bond donors (Lipinski definition) is 2. The maximum absolute atomic E-state index is 13.2. The van der Waals surface area contributed by atoms with E-state index in [1.807, 2.05) is 0 Å². The number of anilines is 1. The third kappa shape index (κ3) is 2.92. The lowest BCUT2D eigenvalue weighted by Gasteiger charge is -2.10. The highest BCUT2D eigenvalue weighted by Crippen LogP contribution is 2.19. The zero-order valence-corrected chi connectivity index (χ0v) is 8.45. The Labute approximate surface area is 86.7 Å². The van der Waals surface area contributed by atoms with Crippen molar-refractivity contribution in [2.45, 2.75) is 13.0 Å². The van der Waals surface area contributed by atoms with Gasteiger partial charge in [0.2, 0.25) is 0 Å². The SMILES string of the molecule is CO[C@@H](C)C(=O)Nc1ccc(O)cc1F. The van der Waals surface area contributed by atoms with Gasteiger partial charge in [-0.05, 0) is 19.1 Å². The van der Waals surface area contributed by atoms with Crippen LogP contribution in [0.2, 0.25) is 0 Å². The van der Waals surface area contributed by atoms with E-state index in [1.165, 1.54) is 19.2 Å². The van der Waals surface area contributed by atoms with E-state index in [2.05, 4.69) is 5.32 Å². The van der Waals surface area contributed by atoms with E-state index in [4.69, 9.17) is 9.84 Å². The van der Waals surface area contributed by atoms with Crippen molar-refractivity contribution in [2.24, 2.45) is 0 Å². The minimum atomic E-state index is -0.688. The highest BCUT2D eigenvalue weighted by atomic mass is 19.1. The number of carbonyl (C=O) groups excluding carboxylic acids is 1. The lowest BCUT2D eigenvalue weighted by molar-refractivity contribution is -0.124. The fourth-order valence-electron chi connectivity index (χ4n) is 0.947. The number of ether oxygens (including phenoxy) is 1. The van der Waals surface area contributed by atoms with E-state index in [-0.39, 0.29) is 11.4 Å². The Morgan fingerprint density at radius 3 is 2.80 bits per heavy atom. The van der Waals surface area contributed by atoms with Gasteiger partial charge in [-0.3, -0.25) is 4.79 Å². The van der Waals surface area contributed by atoms with Gasteiger partial charge in [-0.25, -0.2) is 4.39 Å². The predicted molar refractivity (Wildman–Crippen MR) is 53.2 cm³/mol. The summed E-state index contributed by atoms with van der Waals surface area (Å²) >= 11 is 0. The number of phenols is 1. The van der Waals surface area contributed by atoms with Crippen molar-refractivity contribution in [3.8, 4) is 5.75 Å². The van der Waals surface area contributed by atoms with Crippen molar-refractivity contribution < 1.29 is 19.0 Å². The summed E-state index contributed by atoms with van der Waals surface area (Å²) in [7, 11) is 1.39. The van der Waals surface area contributed by atoms with Crippen LogP contribution in [-0.4, -0.2) is 24.2 Å². The predicted octanol–water partition coefficient (Wildman–Crippen LogP) is 1.50. The molecule has 15 heavy (non-hydrogen) atoms. The second-order valence-electron chi connectivity index (χ2n) is 3.03. The normalized spacial score (nSPS) is 12.2. The van der Waals surface area contributed by atoms with Gasteiger partial charge in [0.05, 0.1) is 5.69 Å². The van der Waals surface area contributed by atoms with Crippen molar-refractivity contribution >= 4 is 11.6 Å². The molecule has 1 atom stereocenters. The summed E-state index contributed by atoms with van der Waals surface area (Å²) in [5.41, 5.74) is 0.0155. The number of amides is 1. The van der Waals surface area contributed by atoms with Gasteiger partial charge in [-0.15, -0.1) is 0 Å². The van der Waals surface area contributed by atoms with Crippen LogP contribution in [0.25, 0.3) is 0 Å². The summed E-state index contributed by atoms with van der Waals surface area (Å²) in [4.78, 5) is 11.3. The first kappa shape index (κ1) is 11.5. The molecule has 1 aromatic rings. The molecule has 1 amide bonds. The highest BCUT2D eigenvalue weighted by Gasteiger charge is 2.13. The summed E-state index contributed by atoms with van der Waals surface area (Å²) in [6, 6.07) is 3.49. The smallest absolute Gasteiger partial charge is 0.253 e. The van der Waals surface area contributed by atoms with Gasteiger partial charge in [0.25, 0.3) is 5.91 Å². The van der Waals surface area contributed by atoms with Gasteiger partial charge < -0.3 is 15.2 Å². The van der Waals surface area contributed by atoms with Crippen LogP contribution in [0.3, 0.4) is 0 Å². The molecule has 2 N–H and O–H groups in total. The van der Waals surface area contributed by atoms with E-state index in [0.29, 0.717) is 0 Å². The Balaban J connectivity index is 2.77. The average molecular weight is 213 g/mol. The van der Waals surface area contributed by atoms with Crippen LogP contribution in [-0.2, 0) is 9.53 Å². The van der Waals surface area contributed by atoms with E-state index < -0.39 is 17.8 Å². The van der Waals surface area contributed by atoms with E-state index in [9.17, 15) is 9.18 Å². The molecule has 5 heteroatoms. The number of nitrogens with one attached hydrogen (secondary N) is 1. The van der Waals surface area contributed by atoms with Crippen LogP contribution < -0.4 is 5.32 Å². The Hall–Kier alpha value is -1.62. The highest BCUT2D eigenvalue weighted by molar-refractivity contribution is 5.94. The molecule has 0 unspecified atom stereocenters. The Bertz CT molecular complexity index is 368. The minimum absolute atomic E-state index is 0.0155. The lowest BCUT2D eigenvalue weighted by atomic mass is 10.2. The maximum atomic E-state index is 13.2. The molecule has 82 valence electrons. The third-order valence-corrected chi connectivity index (χ3v) is 1.93. The molecule has 0 spiro atoms. The lowest BCUT2D eigenvalue weighted by Crippen LogP contribution is -2.26. The van der Waals surface area contributed by atoms with Gasteiger partial charge in [0.15, 0.2) is 0 Å². The molecule has 0 radical (unpaired) electrons. The molecule has 0 aliphatic heterocycles. The molecular formula is C10H12FNO3. The molecule has 4 nitrogen and oxygen atoms in total. The maximum Gasteiger partial charge on any atom is 0.253 e. The van der Waals surface area contributed by atoms with Crippen LogP contribution in [0, 0.1) is 5.82 Å². The van der Waals surface area contributed by atoms with E-state index >= 15 is 0 Å². The number of aromatic hydroxyl groups is 1. The number of methoxy groups -OCH3 is 1. The summed E-state index contributed by atoms with van der Waals surface area (Å²) < 4.78 is 17.9. The third-order valence-electron chi connectivity index (χ3n) is 1.93. The zero-order chi connectivity index (χ0) is 11.4. The molecule has 0 aromatic heterocycles. The van der Waals surface area contributed by atoms with Crippen molar-refractivity contribution in [3.05, 3.63) is 24.0 Å². The van der Waals surface area contributed by atoms with Crippen LogP contribution in [0.5, 0.6) is 5.75 Å². The quantitative estimate of drug-likeness (QED) is 0.748. The Kier molecular flexibility index (Phi) is 3.62. The number of carbonyl (C=O) groups is 1. The molecule has 0 saturated heterocycles. The Morgan fingerprint density at radius 2 is 2.27 bits per heavy atom. The fraction of sp³-hybridized carbons (Fsp3) is 0.300. The van der Waals surface area contributed by atoms with Crippen LogP contribution in [0.1, 0.15) is 6.92 Å². The van der Waals surface area contributed by atoms with Crippen LogP contribution >= 0.6 is 0 Å². The Morgan fingerprint density at radius 1 is 1.60 bits per heavy atom. The van der Waals surface area contributed by atoms with Gasteiger partial charge in [-0.1, -0.05) is 0 Å². The van der Waals surface area contributed by atoms with Crippen molar-refractivity contribution in [1.82, 2.24) is 0 Å². The van der Waals surface area contributed by atoms with Gasteiger partial charge in [0.1, 0.15) is 17.7 Å². The molecule has 0 bridgehead atoms. The molecule has 0 saturated carbocycles. The van der Waals surface area contributed by atoms with Crippen molar-refractivity contribution in [2.75, 3.05) is 12.4 Å². The molecule has 0 aliphatic carbocycles. The largest absolute Gasteiger partial charge is 0.508 e. The fourth-order valence-corrected chi connectivity index (χ4v) is 0.947. The molecule has 0 fully saturated rings. The number of phenolic OH excluding ortho intramolecular Hbond substituents is 1. The van der Waals surface area contributed by atoms with Crippen LogP contribution in [0.15, 0.2) is 18.2 Å². The molecule has 1 aromatic carbocycles. The van der Waals surface area contributed by atoms with Gasteiger partial charge >= 0.3 is 0 Å². The number of halogens is 1. The second-order valence-corrected chi connectivity index (χ2v) is 3.03. The van der Waals surface area contributed by atoms with Crippen molar-refractivity contribution in [1.29, 1.82) is 0 Å². The molecule has 0 heterocycles. The monoisotopic (exact) mass is 213 g/mol. The van der Waals surface area contributed by atoms with Gasteiger partial charge in [-0.2, -0.15) is 0 Å². The average Bonchev–Trinajstić information content (AvgIpc) is 2.20. The molecule has 1 rings (SSSR count). The van der Waals surface area contributed by atoms with Crippen molar-refractivity contribution in [3.63, 3.8) is 0 Å². The second kappa shape index (κ2) is 4.75. The standard InChI is InChI=1S/C10H12FNO3/c1-6(15-2)10(14)12-9-4-3-7(13)5-8(9)11/h3-6,13H,1-2H3,(H,12,14)/t6-/m0/s1. The first-order valence-electron chi connectivity index (χ1n) is 4.36. The summed E-state index contributed by atoms with van der Waals surface area (Å²) in [6.07, 6.45) is -0.654. The number of hydrogen-bond acceptors (Lipinski definition) is 3. The minimum Gasteiger partial charge on any atom is -0.508 e. The summed E-state index contributed by atoms with van der Waals surface area (Å²) in [5, 5.41) is 11.3. The van der Waals surface area contributed by atoms with E-state index in [1.54, 1.807) is 6.92 Å². The topological polar surface area (TPSA) is 58.6 Å². The summed E-state index contributed by atoms with van der Waals surface area (Å²) in [6.45, 7) is 1.55. The van der Waals surface area contributed by atoms with E-state index in [0.717, 1.165) is 6.07 Å². The summed E-state index contributed by atoms with van der Waals surface area (Å²) in [5.74, 6) is -1.32.